The van der Waals surface area contributed by atoms with Gasteiger partial charge in [0.1, 0.15) is 19.0 Å². The van der Waals surface area contributed by atoms with Crippen molar-refractivity contribution in [3.8, 4) is 11.5 Å². The fourth-order valence-corrected chi connectivity index (χ4v) is 2.67. The fraction of sp³-hybridized carbons (Fsp3) is 0.300. The van der Waals surface area contributed by atoms with E-state index in [2.05, 4.69) is 5.32 Å². The largest absolute Gasteiger partial charge is 0.486 e. The molecule has 26 heavy (non-hydrogen) atoms. The molecule has 0 bridgehead atoms. The molecule has 1 heterocycles. The Bertz CT molecular complexity index is 789. The van der Waals surface area contributed by atoms with Gasteiger partial charge in [-0.1, -0.05) is 12.1 Å². The van der Waals surface area contributed by atoms with Crippen molar-refractivity contribution in [1.82, 2.24) is 5.32 Å². The number of ketones is 1. The van der Waals surface area contributed by atoms with Crippen molar-refractivity contribution < 1.29 is 23.5 Å². The summed E-state index contributed by atoms with van der Waals surface area (Å²) in [6, 6.07) is 11.2. The highest BCUT2D eigenvalue weighted by atomic mass is 19.1. The minimum absolute atomic E-state index is 0.115. The van der Waals surface area contributed by atoms with Crippen molar-refractivity contribution in [1.29, 1.82) is 0 Å². The van der Waals surface area contributed by atoms with Gasteiger partial charge < -0.3 is 14.8 Å². The van der Waals surface area contributed by atoms with Crippen LogP contribution in [0.5, 0.6) is 11.5 Å². The van der Waals surface area contributed by atoms with Crippen LogP contribution in [0, 0.1) is 5.82 Å². The molecule has 2 aromatic rings. The number of hydrogen-bond acceptors (Lipinski definition) is 4. The van der Waals surface area contributed by atoms with Gasteiger partial charge in [0.05, 0.1) is 0 Å². The highest BCUT2D eigenvalue weighted by molar-refractivity contribution is 5.98. The topological polar surface area (TPSA) is 64.6 Å². The molecule has 0 radical (unpaired) electrons. The molecular weight excluding hydrogens is 337 g/mol. The van der Waals surface area contributed by atoms with Gasteiger partial charge >= 0.3 is 0 Å². The summed E-state index contributed by atoms with van der Waals surface area (Å²) in [5.41, 5.74) is 1.45. The number of Topliss-reactive ketones (excluding diaryl/α,β-unsaturated/α-hetero) is 1. The predicted molar refractivity (Wildman–Crippen MR) is 94.1 cm³/mol. The van der Waals surface area contributed by atoms with E-state index >= 15 is 0 Å². The molecule has 0 atom stereocenters. The quantitative estimate of drug-likeness (QED) is 0.774. The van der Waals surface area contributed by atoms with Crippen LogP contribution < -0.4 is 14.8 Å². The van der Waals surface area contributed by atoms with E-state index in [-0.39, 0.29) is 30.3 Å². The van der Waals surface area contributed by atoms with Crippen LogP contribution in [0.1, 0.15) is 28.8 Å². The number of rotatable bonds is 7. The van der Waals surface area contributed by atoms with Crippen LogP contribution in [-0.4, -0.2) is 31.4 Å². The Labute approximate surface area is 151 Å². The summed E-state index contributed by atoms with van der Waals surface area (Å²) in [5.74, 6) is 0.612. The third-order valence-corrected chi connectivity index (χ3v) is 4.09. The van der Waals surface area contributed by atoms with Gasteiger partial charge in [0.15, 0.2) is 17.3 Å². The molecule has 0 saturated carbocycles. The number of hydrogen-bond donors (Lipinski definition) is 1. The Morgan fingerprint density at radius 1 is 0.962 bits per heavy atom. The highest BCUT2D eigenvalue weighted by Gasteiger charge is 2.15. The summed E-state index contributed by atoms with van der Waals surface area (Å²) in [7, 11) is 0. The van der Waals surface area contributed by atoms with Crippen molar-refractivity contribution in [2.45, 2.75) is 19.3 Å². The van der Waals surface area contributed by atoms with E-state index in [1.165, 1.54) is 12.1 Å². The first-order valence-corrected chi connectivity index (χ1v) is 8.56. The van der Waals surface area contributed by atoms with E-state index in [1.807, 2.05) is 0 Å². The molecule has 0 fully saturated rings. The normalized spacial score (nSPS) is 12.5. The summed E-state index contributed by atoms with van der Waals surface area (Å²) in [4.78, 5) is 24.1. The van der Waals surface area contributed by atoms with E-state index in [0.29, 0.717) is 43.2 Å². The molecule has 1 aliphatic rings. The number of carbonyl (C=O) groups excluding carboxylic acids is 2. The molecule has 0 spiro atoms. The van der Waals surface area contributed by atoms with Crippen molar-refractivity contribution in [2.75, 3.05) is 19.8 Å². The Hall–Kier alpha value is -2.89. The summed E-state index contributed by atoms with van der Waals surface area (Å²) in [5, 5.41) is 2.77. The predicted octanol–water partition coefficient (Wildman–Crippen LogP) is 2.92. The molecule has 1 aliphatic heterocycles. The zero-order valence-corrected chi connectivity index (χ0v) is 14.3. The lowest BCUT2D eigenvalue weighted by Crippen LogP contribution is -2.26. The van der Waals surface area contributed by atoms with Crippen LogP contribution in [0.15, 0.2) is 42.5 Å². The van der Waals surface area contributed by atoms with Crippen molar-refractivity contribution in [3.63, 3.8) is 0 Å². The van der Waals surface area contributed by atoms with Gasteiger partial charge in [0, 0.05) is 24.9 Å². The molecule has 1 N–H and O–H groups in total. The van der Waals surface area contributed by atoms with Gasteiger partial charge in [-0.25, -0.2) is 4.39 Å². The lowest BCUT2D eigenvalue weighted by atomic mass is 10.1. The van der Waals surface area contributed by atoms with Crippen LogP contribution in [0.3, 0.4) is 0 Å². The lowest BCUT2D eigenvalue weighted by Gasteiger charge is -2.18. The van der Waals surface area contributed by atoms with E-state index in [4.69, 9.17) is 9.47 Å². The Kier molecular flexibility index (Phi) is 5.84. The molecule has 2 aromatic carbocycles. The molecular formula is C20H20FNO4. The van der Waals surface area contributed by atoms with Crippen molar-refractivity contribution in [3.05, 3.63) is 59.4 Å². The smallest absolute Gasteiger partial charge is 0.220 e. The maximum atomic E-state index is 12.8. The van der Waals surface area contributed by atoms with Gasteiger partial charge in [-0.3, -0.25) is 9.59 Å². The molecule has 0 aromatic heterocycles. The van der Waals surface area contributed by atoms with Gasteiger partial charge in [0.2, 0.25) is 5.91 Å². The summed E-state index contributed by atoms with van der Waals surface area (Å²) in [6.45, 7) is 1.40. The lowest BCUT2D eigenvalue weighted by molar-refractivity contribution is -0.121. The Morgan fingerprint density at radius 2 is 1.69 bits per heavy atom. The standard InChI is InChI=1S/C20H20FNO4/c21-16-4-1-14(2-5-16)9-10-22-20(24)8-6-17(23)15-3-7-18-19(13-15)26-12-11-25-18/h1-5,7,13H,6,8-12H2,(H,22,24). The van der Waals surface area contributed by atoms with Crippen molar-refractivity contribution >= 4 is 11.7 Å². The second-order valence-electron chi connectivity index (χ2n) is 6.01. The van der Waals surface area contributed by atoms with Gasteiger partial charge in [-0.2, -0.15) is 0 Å². The monoisotopic (exact) mass is 357 g/mol. The van der Waals surface area contributed by atoms with Gasteiger partial charge in [0.25, 0.3) is 0 Å². The summed E-state index contributed by atoms with van der Waals surface area (Å²) in [6.07, 6.45) is 0.862. The maximum Gasteiger partial charge on any atom is 0.220 e. The zero-order chi connectivity index (χ0) is 18.4. The summed E-state index contributed by atoms with van der Waals surface area (Å²) < 4.78 is 23.7. The minimum atomic E-state index is -0.282. The molecule has 0 unspecified atom stereocenters. The first-order chi connectivity index (χ1) is 12.6. The van der Waals surface area contributed by atoms with Crippen LogP contribution in [-0.2, 0) is 11.2 Å². The molecule has 136 valence electrons. The van der Waals surface area contributed by atoms with Gasteiger partial charge in [-0.15, -0.1) is 0 Å². The first kappa shape index (κ1) is 17.9. The van der Waals surface area contributed by atoms with Crippen LogP contribution in [0.4, 0.5) is 4.39 Å². The van der Waals surface area contributed by atoms with E-state index in [9.17, 15) is 14.0 Å². The van der Waals surface area contributed by atoms with E-state index in [1.54, 1.807) is 30.3 Å². The molecule has 1 amide bonds. The average Bonchev–Trinajstić information content (AvgIpc) is 2.67. The Balaban J connectivity index is 1.42. The number of benzene rings is 2. The van der Waals surface area contributed by atoms with Crippen LogP contribution in [0.25, 0.3) is 0 Å². The first-order valence-electron chi connectivity index (χ1n) is 8.56. The molecule has 5 nitrogen and oxygen atoms in total. The molecule has 0 aliphatic carbocycles. The maximum absolute atomic E-state index is 12.8. The third-order valence-electron chi connectivity index (χ3n) is 4.09. The molecule has 3 rings (SSSR count). The summed E-state index contributed by atoms with van der Waals surface area (Å²) >= 11 is 0. The van der Waals surface area contributed by atoms with E-state index in [0.717, 1.165) is 5.56 Å². The van der Waals surface area contributed by atoms with Crippen molar-refractivity contribution in [2.24, 2.45) is 0 Å². The third kappa shape index (κ3) is 4.81. The van der Waals surface area contributed by atoms with Crippen LogP contribution >= 0.6 is 0 Å². The zero-order valence-electron chi connectivity index (χ0n) is 14.3. The minimum Gasteiger partial charge on any atom is -0.486 e. The average molecular weight is 357 g/mol. The number of nitrogens with one attached hydrogen (secondary N) is 1. The number of fused-ring (bicyclic) bond motifs is 1. The number of amides is 1. The molecule has 6 heteroatoms. The number of halogens is 1. The number of carbonyl (C=O) groups is 2. The second-order valence-corrected chi connectivity index (χ2v) is 6.01. The highest BCUT2D eigenvalue weighted by Crippen LogP contribution is 2.31. The fourth-order valence-electron chi connectivity index (χ4n) is 2.67. The SMILES string of the molecule is O=C(CCC(=O)c1ccc2c(c1)OCCO2)NCCc1ccc(F)cc1. The second kappa shape index (κ2) is 8.47. The van der Waals surface area contributed by atoms with Crippen LogP contribution in [0.2, 0.25) is 0 Å². The van der Waals surface area contributed by atoms with Gasteiger partial charge in [-0.05, 0) is 42.3 Å². The molecule has 0 saturated heterocycles. The Morgan fingerprint density at radius 3 is 2.46 bits per heavy atom. The number of ether oxygens (including phenoxy) is 2. The van der Waals surface area contributed by atoms with E-state index < -0.39 is 0 Å².